The van der Waals surface area contributed by atoms with Crippen molar-refractivity contribution in [2.24, 2.45) is 0 Å². The van der Waals surface area contributed by atoms with Crippen LogP contribution < -0.4 is 0 Å². The van der Waals surface area contributed by atoms with E-state index in [2.05, 4.69) is 0 Å². The number of methoxy groups -OCH3 is 1. The number of rotatable bonds is 6. The zero-order valence-corrected chi connectivity index (χ0v) is 10.5. The third kappa shape index (κ3) is 4.51. The second kappa shape index (κ2) is 7.40. The van der Waals surface area contributed by atoms with Gasteiger partial charge in [-0.05, 0) is 18.6 Å². The fourth-order valence-electron chi connectivity index (χ4n) is 1.32. The van der Waals surface area contributed by atoms with Gasteiger partial charge in [0.25, 0.3) is 0 Å². The lowest BCUT2D eigenvalue weighted by atomic mass is 10.1. The van der Waals surface area contributed by atoms with Gasteiger partial charge in [-0.15, -0.1) is 0 Å². The summed E-state index contributed by atoms with van der Waals surface area (Å²) in [4.78, 5) is 23.1. The highest BCUT2D eigenvalue weighted by Crippen LogP contribution is 2.09. The van der Waals surface area contributed by atoms with Crippen molar-refractivity contribution in [1.82, 2.24) is 0 Å². The number of ketones is 1. The Balaban J connectivity index is 2.80. The van der Waals surface area contributed by atoms with Crippen LogP contribution in [0.25, 0.3) is 6.08 Å². The molecule has 18 heavy (non-hydrogen) atoms. The Morgan fingerprint density at radius 2 is 1.83 bits per heavy atom. The maximum absolute atomic E-state index is 11.7. The molecule has 96 valence electrons. The molecule has 0 aliphatic heterocycles. The van der Waals surface area contributed by atoms with Gasteiger partial charge in [0.1, 0.15) is 12.2 Å². The lowest BCUT2D eigenvalue weighted by molar-refractivity contribution is -0.141. The third-order valence-electron chi connectivity index (χ3n) is 2.23. The molecule has 0 heterocycles. The van der Waals surface area contributed by atoms with Crippen LogP contribution in [0.2, 0.25) is 0 Å². The van der Waals surface area contributed by atoms with E-state index in [9.17, 15) is 9.59 Å². The van der Waals surface area contributed by atoms with E-state index in [1.165, 1.54) is 20.1 Å². The topological polar surface area (TPSA) is 52.6 Å². The standard InChI is InChI=1S/C14H16O4/c1-11(15)13(14(16)18-9-8-17-2)10-12-6-4-3-5-7-12/h3-7,10H,8-9H2,1-2H3/b13-10-. The summed E-state index contributed by atoms with van der Waals surface area (Å²) < 4.78 is 9.69. The number of esters is 1. The van der Waals surface area contributed by atoms with Crippen molar-refractivity contribution in [3.63, 3.8) is 0 Å². The van der Waals surface area contributed by atoms with Crippen molar-refractivity contribution in [1.29, 1.82) is 0 Å². The maximum atomic E-state index is 11.7. The van der Waals surface area contributed by atoms with Gasteiger partial charge in [0.2, 0.25) is 0 Å². The summed E-state index contributed by atoms with van der Waals surface area (Å²) in [7, 11) is 1.51. The van der Waals surface area contributed by atoms with E-state index in [0.29, 0.717) is 6.61 Å². The zero-order chi connectivity index (χ0) is 13.4. The van der Waals surface area contributed by atoms with E-state index < -0.39 is 5.97 Å². The Morgan fingerprint density at radius 3 is 2.39 bits per heavy atom. The van der Waals surface area contributed by atoms with Crippen molar-refractivity contribution in [2.45, 2.75) is 6.92 Å². The molecule has 0 saturated carbocycles. The molecule has 0 spiro atoms. The quantitative estimate of drug-likeness (QED) is 0.253. The van der Waals surface area contributed by atoms with Gasteiger partial charge >= 0.3 is 5.97 Å². The third-order valence-corrected chi connectivity index (χ3v) is 2.23. The van der Waals surface area contributed by atoms with E-state index in [1.54, 1.807) is 0 Å². The van der Waals surface area contributed by atoms with Gasteiger partial charge in [-0.25, -0.2) is 4.79 Å². The van der Waals surface area contributed by atoms with Gasteiger partial charge in [0.15, 0.2) is 5.78 Å². The molecular formula is C14H16O4. The molecular weight excluding hydrogens is 232 g/mol. The molecule has 4 nitrogen and oxygen atoms in total. The number of hydrogen-bond donors (Lipinski definition) is 0. The van der Waals surface area contributed by atoms with Gasteiger partial charge in [0, 0.05) is 7.11 Å². The predicted molar refractivity (Wildman–Crippen MR) is 67.9 cm³/mol. The monoisotopic (exact) mass is 248 g/mol. The summed E-state index contributed by atoms with van der Waals surface area (Å²) in [6.45, 7) is 1.78. The van der Waals surface area contributed by atoms with Crippen LogP contribution in [0.3, 0.4) is 0 Å². The summed E-state index contributed by atoms with van der Waals surface area (Å²) in [5.74, 6) is -0.940. The zero-order valence-electron chi connectivity index (χ0n) is 10.5. The minimum Gasteiger partial charge on any atom is -0.460 e. The molecule has 0 aliphatic carbocycles. The van der Waals surface area contributed by atoms with Crippen LogP contribution in [0.15, 0.2) is 35.9 Å². The summed E-state index contributed by atoms with van der Waals surface area (Å²) in [6, 6.07) is 9.15. The highest BCUT2D eigenvalue weighted by molar-refractivity contribution is 6.19. The van der Waals surface area contributed by atoms with Gasteiger partial charge in [-0.1, -0.05) is 30.3 Å². The number of carbonyl (C=O) groups excluding carboxylic acids is 2. The lowest BCUT2D eigenvalue weighted by Crippen LogP contribution is -2.16. The summed E-state index contributed by atoms with van der Waals surface area (Å²) in [5, 5.41) is 0. The van der Waals surface area contributed by atoms with Crippen molar-refractivity contribution >= 4 is 17.8 Å². The molecule has 0 fully saturated rings. The summed E-state index contributed by atoms with van der Waals surface area (Å²) >= 11 is 0. The van der Waals surface area contributed by atoms with E-state index in [-0.39, 0.29) is 18.0 Å². The van der Waals surface area contributed by atoms with Crippen LogP contribution in [0.5, 0.6) is 0 Å². The SMILES string of the molecule is COCCOC(=O)/C(=C\c1ccccc1)C(C)=O. The molecule has 4 heteroatoms. The average molecular weight is 248 g/mol. The van der Waals surface area contributed by atoms with E-state index in [0.717, 1.165) is 5.56 Å². The van der Waals surface area contributed by atoms with Crippen LogP contribution in [0, 0.1) is 0 Å². The molecule has 1 aromatic carbocycles. The van der Waals surface area contributed by atoms with Gasteiger partial charge in [0.05, 0.1) is 6.61 Å². The number of carbonyl (C=O) groups is 2. The molecule has 0 bridgehead atoms. The van der Waals surface area contributed by atoms with Crippen LogP contribution >= 0.6 is 0 Å². The molecule has 0 atom stereocenters. The van der Waals surface area contributed by atoms with Crippen molar-refractivity contribution in [2.75, 3.05) is 20.3 Å². The minimum atomic E-state index is -0.622. The Morgan fingerprint density at radius 1 is 1.17 bits per heavy atom. The minimum absolute atomic E-state index is 0.0392. The van der Waals surface area contributed by atoms with Crippen molar-refractivity contribution < 1.29 is 19.1 Å². The number of ether oxygens (including phenoxy) is 2. The molecule has 1 rings (SSSR count). The molecule has 0 saturated heterocycles. The predicted octanol–water partition coefficient (Wildman–Crippen LogP) is 1.85. The van der Waals surface area contributed by atoms with E-state index in [4.69, 9.17) is 9.47 Å². The van der Waals surface area contributed by atoms with Crippen LogP contribution in [0.1, 0.15) is 12.5 Å². The van der Waals surface area contributed by atoms with E-state index in [1.807, 2.05) is 30.3 Å². The molecule has 0 unspecified atom stereocenters. The second-order valence-electron chi connectivity index (χ2n) is 3.65. The smallest absolute Gasteiger partial charge is 0.341 e. The number of benzene rings is 1. The highest BCUT2D eigenvalue weighted by atomic mass is 16.6. The van der Waals surface area contributed by atoms with Gasteiger partial charge in [-0.2, -0.15) is 0 Å². The van der Waals surface area contributed by atoms with Crippen molar-refractivity contribution in [3.8, 4) is 0 Å². The molecule has 0 amide bonds. The normalized spacial score (nSPS) is 11.1. The Kier molecular flexibility index (Phi) is 5.80. The largest absolute Gasteiger partial charge is 0.460 e. The first-order valence-electron chi connectivity index (χ1n) is 5.59. The van der Waals surface area contributed by atoms with E-state index >= 15 is 0 Å². The summed E-state index contributed by atoms with van der Waals surface area (Å²) in [5.41, 5.74) is 0.823. The molecule has 0 radical (unpaired) electrons. The first kappa shape index (κ1) is 14.1. The van der Waals surface area contributed by atoms with Crippen LogP contribution in [-0.4, -0.2) is 32.1 Å². The van der Waals surface area contributed by atoms with Crippen molar-refractivity contribution in [3.05, 3.63) is 41.5 Å². The maximum Gasteiger partial charge on any atom is 0.341 e. The molecule has 0 aliphatic rings. The number of Topliss-reactive ketones (excluding diaryl/α,β-unsaturated/α-hetero) is 1. The van der Waals surface area contributed by atoms with Gasteiger partial charge < -0.3 is 9.47 Å². The van der Waals surface area contributed by atoms with Gasteiger partial charge in [-0.3, -0.25) is 4.79 Å². The molecule has 0 N–H and O–H groups in total. The lowest BCUT2D eigenvalue weighted by Gasteiger charge is -2.05. The average Bonchev–Trinajstić information content (AvgIpc) is 2.37. The van der Waals surface area contributed by atoms with Crippen LogP contribution in [-0.2, 0) is 19.1 Å². The van der Waals surface area contributed by atoms with Crippen LogP contribution in [0.4, 0.5) is 0 Å². The molecule has 0 aromatic heterocycles. The molecule has 1 aromatic rings. The fraction of sp³-hybridized carbons (Fsp3) is 0.286. The first-order valence-corrected chi connectivity index (χ1v) is 5.59. The fourth-order valence-corrected chi connectivity index (χ4v) is 1.32. The second-order valence-corrected chi connectivity index (χ2v) is 3.65. The highest BCUT2D eigenvalue weighted by Gasteiger charge is 2.15. The summed E-state index contributed by atoms with van der Waals surface area (Å²) in [6.07, 6.45) is 1.53. The Labute approximate surface area is 106 Å². The Bertz CT molecular complexity index is 434. The Hall–Kier alpha value is -1.94. The first-order chi connectivity index (χ1) is 8.65. The number of hydrogen-bond acceptors (Lipinski definition) is 4.